The summed E-state index contributed by atoms with van der Waals surface area (Å²) in [5, 5.41) is 9.44. The first kappa shape index (κ1) is 18.8. The Hall–Kier alpha value is -1.55. The van der Waals surface area contributed by atoms with Gasteiger partial charge in [0, 0.05) is 0 Å². The number of ether oxygens (including phenoxy) is 2. The van der Waals surface area contributed by atoms with Crippen LogP contribution in [0.25, 0.3) is 0 Å². The van der Waals surface area contributed by atoms with Gasteiger partial charge in [-0.1, -0.05) is 12.1 Å². The summed E-state index contributed by atoms with van der Waals surface area (Å²) in [7, 11) is -2.82. The lowest BCUT2D eigenvalue weighted by atomic mass is 9.98. The third-order valence-corrected chi connectivity index (χ3v) is 5.37. The molecule has 1 saturated heterocycles. The Morgan fingerprint density at radius 3 is 2.75 bits per heavy atom. The van der Waals surface area contributed by atoms with E-state index in [1.807, 2.05) is 0 Å². The second-order valence-electron chi connectivity index (χ2n) is 5.49. The molecule has 2 N–H and O–H groups in total. The van der Waals surface area contributed by atoms with Gasteiger partial charge in [0.1, 0.15) is 10.7 Å². The van der Waals surface area contributed by atoms with E-state index >= 15 is 0 Å². The molecule has 1 fully saturated rings. The number of methoxy groups -OCH3 is 1. The van der Waals surface area contributed by atoms with Crippen LogP contribution in [0.2, 0.25) is 0 Å². The molecule has 0 amide bonds. The fourth-order valence-electron chi connectivity index (χ4n) is 2.61. The Morgan fingerprint density at radius 2 is 2.12 bits per heavy atom. The van der Waals surface area contributed by atoms with Gasteiger partial charge in [-0.25, -0.2) is 17.5 Å². The van der Waals surface area contributed by atoms with Crippen molar-refractivity contribution in [2.45, 2.75) is 42.4 Å². The zero-order valence-corrected chi connectivity index (χ0v) is 14.0. The van der Waals surface area contributed by atoms with Crippen LogP contribution in [0.3, 0.4) is 0 Å². The summed E-state index contributed by atoms with van der Waals surface area (Å²) in [6.07, 6.45) is -0.491. The fraction of sp³-hybridized carbons (Fsp3) is 0.533. The molecule has 1 heterocycles. The van der Waals surface area contributed by atoms with E-state index in [-0.39, 0.29) is 6.42 Å². The molecular weight excluding hydrogens is 341 g/mol. The van der Waals surface area contributed by atoms with Crippen LogP contribution in [0, 0.1) is 5.82 Å². The highest BCUT2D eigenvalue weighted by Gasteiger charge is 2.35. The van der Waals surface area contributed by atoms with E-state index in [2.05, 4.69) is 9.46 Å². The van der Waals surface area contributed by atoms with E-state index in [4.69, 9.17) is 4.74 Å². The number of sulfonamides is 1. The minimum absolute atomic E-state index is 0.0276. The van der Waals surface area contributed by atoms with Gasteiger partial charge in [0.05, 0.1) is 38.4 Å². The molecule has 0 bridgehead atoms. The Bertz CT molecular complexity index is 680. The molecule has 134 valence electrons. The van der Waals surface area contributed by atoms with Crippen LogP contribution in [0.15, 0.2) is 29.2 Å². The lowest BCUT2D eigenvalue weighted by Gasteiger charge is -2.35. The summed E-state index contributed by atoms with van der Waals surface area (Å²) >= 11 is 0. The molecule has 0 saturated carbocycles. The first-order valence-corrected chi connectivity index (χ1v) is 8.95. The Kier molecular flexibility index (Phi) is 6.27. The van der Waals surface area contributed by atoms with Gasteiger partial charge in [0.15, 0.2) is 0 Å². The molecule has 2 rings (SSSR count). The highest BCUT2D eigenvalue weighted by Crippen LogP contribution is 2.24. The highest BCUT2D eigenvalue weighted by molar-refractivity contribution is 7.89. The zero-order valence-electron chi connectivity index (χ0n) is 13.1. The van der Waals surface area contributed by atoms with Crippen LogP contribution in [0.1, 0.15) is 19.3 Å². The second-order valence-corrected chi connectivity index (χ2v) is 7.18. The standard InChI is InChI=1S/C15H20FNO6S/c1-22-15(19)8-10-6-7-12(13(9-18)23-10)17-24(20,21)14-5-3-2-4-11(14)16/h2-5,10,12-13,17-18H,6-9H2,1H3/t10-,12-,13-/m0/s1. The fourth-order valence-corrected chi connectivity index (χ4v) is 3.99. The molecule has 1 aliphatic rings. The smallest absolute Gasteiger partial charge is 0.308 e. The summed E-state index contributed by atoms with van der Waals surface area (Å²) in [6, 6.07) is 4.32. The van der Waals surface area contributed by atoms with Crippen molar-refractivity contribution in [3.8, 4) is 0 Å². The minimum atomic E-state index is -4.09. The number of aliphatic hydroxyl groups is 1. The van der Waals surface area contributed by atoms with E-state index in [1.165, 1.54) is 19.2 Å². The number of carbonyl (C=O) groups is 1. The van der Waals surface area contributed by atoms with Gasteiger partial charge < -0.3 is 14.6 Å². The normalized spacial score (nSPS) is 24.5. The van der Waals surface area contributed by atoms with Gasteiger partial charge in [-0.2, -0.15) is 0 Å². The van der Waals surface area contributed by atoms with Crippen molar-refractivity contribution in [1.82, 2.24) is 4.72 Å². The largest absolute Gasteiger partial charge is 0.469 e. The Labute approximate surface area is 139 Å². The van der Waals surface area contributed by atoms with Crippen LogP contribution in [0.4, 0.5) is 4.39 Å². The molecule has 1 aliphatic heterocycles. The van der Waals surface area contributed by atoms with Gasteiger partial charge in [-0.05, 0) is 25.0 Å². The average Bonchev–Trinajstić information content (AvgIpc) is 2.56. The lowest BCUT2D eigenvalue weighted by molar-refractivity contribution is -0.149. The van der Waals surface area contributed by atoms with Gasteiger partial charge in [-0.15, -0.1) is 0 Å². The van der Waals surface area contributed by atoms with Crippen LogP contribution in [0.5, 0.6) is 0 Å². The number of benzene rings is 1. The van der Waals surface area contributed by atoms with E-state index < -0.39 is 51.6 Å². The van der Waals surface area contributed by atoms with Crippen molar-refractivity contribution in [2.75, 3.05) is 13.7 Å². The highest BCUT2D eigenvalue weighted by atomic mass is 32.2. The molecule has 1 aromatic rings. The third kappa shape index (κ3) is 4.50. The summed E-state index contributed by atoms with van der Waals surface area (Å²) in [5.41, 5.74) is 0. The zero-order chi connectivity index (χ0) is 17.7. The summed E-state index contributed by atoms with van der Waals surface area (Å²) in [5.74, 6) is -1.30. The average molecular weight is 361 g/mol. The van der Waals surface area contributed by atoms with Gasteiger partial charge in [0.25, 0.3) is 0 Å². The number of rotatable bonds is 6. The minimum Gasteiger partial charge on any atom is -0.469 e. The summed E-state index contributed by atoms with van der Waals surface area (Å²) in [6.45, 7) is -0.428. The number of nitrogens with one attached hydrogen (secondary N) is 1. The number of hydrogen-bond acceptors (Lipinski definition) is 6. The maximum Gasteiger partial charge on any atom is 0.308 e. The van der Waals surface area contributed by atoms with Crippen LogP contribution in [-0.4, -0.2) is 51.5 Å². The van der Waals surface area contributed by atoms with Crippen LogP contribution in [-0.2, 0) is 24.3 Å². The third-order valence-electron chi connectivity index (χ3n) is 3.85. The van der Waals surface area contributed by atoms with Crippen molar-refractivity contribution in [3.05, 3.63) is 30.1 Å². The molecule has 0 radical (unpaired) electrons. The summed E-state index contributed by atoms with van der Waals surface area (Å²) < 4.78 is 50.9. The topological polar surface area (TPSA) is 102 Å². The molecule has 7 nitrogen and oxygen atoms in total. The molecule has 1 aromatic carbocycles. The van der Waals surface area contributed by atoms with Gasteiger partial charge in [0.2, 0.25) is 10.0 Å². The Balaban J connectivity index is 2.07. The maximum atomic E-state index is 13.7. The first-order valence-electron chi connectivity index (χ1n) is 7.47. The number of esters is 1. The van der Waals surface area contributed by atoms with Gasteiger partial charge >= 0.3 is 5.97 Å². The predicted octanol–water partition coefficient (Wildman–Crippen LogP) is 0.576. The molecule has 0 aromatic heterocycles. The predicted molar refractivity (Wildman–Crippen MR) is 82.1 cm³/mol. The van der Waals surface area contributed by atoms with Crippen molar-refractivity contribution in [3.63, 3.8) is 0 Å². The van der Waals surface area contributed by atoms with Crippen LogP contribution < -0.4 is 4.72 Å². The number of carbonyl (C=O) groups excluding carboxylic acids is 1. The van der Waals surface area contributed by atoms with E-state index in [0.29, 0.717) is 12.8 Å². The molecule has 0 aliphatic carbocycles. The molecule has 0 unspecified atom stereocenters. The van der Waals surface area contributed by atoms with Gasteiger partial charge in [-0.3, -0.25) is 4.79 Å². The molecule has 3 atom stereocenters. The van der Waals surface area contributed by atoms with Crippen molar-refractivity contribution in [2.24, 2.45) is 0 Å². The van der Waals surface area contributed by atoms with E-state index in [1.54, 1.807) is 0 Å². The second kappa shape index (κ2) is 8.02. The van der Waals surface area contributed by atoms with Crippen molar-refractivity contribution >= 4 is 16.0 Å². The Morgan fingerprint density at radius 1 is 1.42 bits per heavy atom. The SMILES string of the molecule is COC(=O)C[C@@H]1CC[C@H](NS(=O)(=O)c2ccccc2F)[C@H](CO)O1. The summed E-state index contributed by atoms with van der Waals surface area (Å²) in [4.78, 5) is 10.8. The molecule has 0 spiro atoms. The van der Waals surface area contributed by atoms with Crippen molar-refractivity contribution < 1.29 is 32.2 Å². The molecule has 9 heteroatoms. The number of hydrogen-bond donors (Lipinski definition) is 2. The number of halogens is 1. The van der Waals surface area contributed by atoms with Crippen LogP contribution >= 0.6 is 0 Å². The monoisotopic (exact) mass is 361 g/mol. The lowest BCUT2D eigenvalue weighted by Crippen LogP contribution is -2.51. The molecular formula is C15H20FNO6S. The van der Waals surface area contributed by atoms with Crippen molar-refractivity contribution in [1.29, 1.82) is 0 Å². The van der Waals surface area contributed by atoms with E-state index in [9.17, 15) is 22.7 Å². The molecule has 24 heavy (non-hydrogen) atoms. The maximum absolute atomic E-state index is 13.7. The number of aliphatic hydroxyl groups excluding tert-OH is 1. The first-order chi connectivity index (χ1) is 11.4. The quantitative estimate of drug-likeness (QED) is 0.719. The van der Waals surface area contributed by atoms with E-state index in [0.717, 1.165) is 12.1 Å².